The van der Waals surface area contributed by atoms with Crippen LogP contribution in [0.1, 0.15) is 11.1 Å². The summed E-state index contributed by atoms with van der Waals surface area (Å²) in [5.74, 6) is -0.349. The zero-order valence-corrected chi connectivity index (χ0v) is 18.7. The predicted octanol–water partition coefficient (Wildman–Crippen LogP) is 4.89. The number of carbonyl (C=O) groups excluding carboxylic acids is 2. The molecule has 1 aliphatic heterocycles. The molecule has 0 aliphatic carbocycles. The third-order valence-electron chi connectivity index (χ3n) is 5.22. The summed E-state index contributed by atoms with van der Waals surface area (Å²) in [6.45, 7) is 0.0597. The maximum absolute atomic E-state index is 13.5. The first-order valence-corrected chi connectivity index (χ1v) is 10.4. The Bertz CT molecular complexity index is 1240. The van der Waals surface area contributed by atoms with Gasteiger partial charge in [-0.1, -0.05) is 35.9 Å². The topological polar surface area (TPSA) is 67.9 Å². The molecule has 0 atom stereocenters. The number of nitrogens with one attached hydrogen (secondary N) is 1. The number of halogens is 2. The van der Waals surface area contributed by atoms with E-state index in [-0.39, 0.29) is 17.8 Å². The van der Waals surface area contributed by atoms with E-state index < -0.39 is 17.6 Å². The van der Waals surface area contributed by atoms with Crippen LogP contribution in [0.3, 0.4) is 0 Å². The van der Waals surface area contributed by atoms with Crippen LogP contribution in [0.25, 0.3) is 5.57 Å². The van der Waals surface area contributed by atoms with Crippen LogP contribution in [0.5, 0.6) is 11.5 Å². The Hall–Kier alpha value is -3.84. The summed E-state index contributed by atoms with van der Waals surface area (Å²) in [7, 11) is 3.05. The number of anilines is 1. The smallest absolute Gasteiger partial charge is 0.278 e. The van der Waals surface area contributed by atoms with Crippen molar-refractivity contribution in [2.24, 2.45) is 0 Å². The number of imide groups is 1. The van der Waals surface area contributed by atoms with Crippen LogP contribution in [-0.4, -0.2) is 30.9 Å². The number of methoxy groups -OCH3 is 2. The molecule has 0 radical (unpaired) electrons. The summed E-state index contributed by atoms with van der Waals surface area (Å²) in [6.07, 6.45) is 0. The molecule has 0 spiro atoms. The molecule has 6 nitrogen and oxygen atoms in total. The van der Waals surface area contributed by atoms with Gasteiger partial charge in [0.1, 0.15) is 23.0 Å². The molecule has 8 heteroatoms. The monoisotopic (exact) mass is 466 g/mol. The lowest BCUT2D eigenvalue weighted by molar-refractivity contribution is -0.137. The van der Waals surface area contributed by atoms with E-state index in [2.05, 4.69) is 5.32 Å². The van der Waals surface area contributed by atoms with Crippen molar-refractivity contribution in [3.8, 4) is 11.5 Å². The molecule has 168 valence electrons. The summed E-state index contributed by atoms with van der Waals surface area (Å²) in [5, 5.41) is 3.45. The van der Waals surface area contributed by atoms with Crippen LogP contribution in [0.2, 0.25) is 5.02 Å². The molecule has 33 heavy (non-hydrogen) atoms. The Morgan fingerprint density at radius 2 is 1.61 bits per heavy atom. The molecule has 1 N–H and O–H groups in total. The fraction of sp³-hybridized carbons (Fsp3) is 0.120. The highest BCUT2D eigenvalue weighted by Gasteiger charge is 2.39. The highest BCUT2D eigenvalue weighted by atomic mass is 35.5. The van der Waals surface area contributed by atoms with E-state index in [1.54, 1.807) is 49.6 Å². The van der Waals surface area contributed by atoms with Crippen LogP contribution in [-0.2, 0) is 16.1 Å². The van der Waals surface area contributed by atoms with E-state index in [0.29, 0.717) is 27.8 Å². The van der Waals surface area contributed by atoms with Gasteiger partial charge in [0, 0.05) is 5.02 Å². The van der Waals surface area contributed by atoms with E-state index in [1.165, 1.54) is 31.4 Å². The molecule has 3 aromatic rings. The Morgan fingerprint density at radius 3 is 2.24 bits per heavy atom. The van der Waals surface area contributed by atoms with Gasteiger partial charge in [0.15, 0.2) is 0 Å². The SMILES string of the molecule is COc1ccc(CN2C(=O)C(Nc3cc(Cl)ccc3OC)=C(c3ccc(F)cc3)C2=O)cc1. The molecular weight excluding hydrogens is 447 g/mol. The maximum Gasteiger partial charge on any atom is 0.278 e. The maximum atomic E-state index is 13.5. The number of carbonyl (C=O) groups is 2. The Kier molecular flexibility index (Phi) is 6.33. The molecule has 0 saturated carbocycles. The lowest BCUT2D eigenvalue weighted by atomic mass is 10.0. The number of ether oxygens (including phenoxy) is 2. The average molecular weight is 467 g/mol. The molecule has 4 rings (SSSR count). The molecule has 0 aromatic heterocycles. The Labute approximate surface area is 195 Å². The van der Waals surface area contributed by atoms with Gasteiger partial charge in [0.2, 0.25) is 0 Å². The van der Waals surface area contributed by atoms with Crippen molar-refractivity contribution in [3.05, 3.63) is 94.4 Å². The van der Waals surface area contributed by atoms with E-state index in [9.17, 15) is 14.0 Å². The number of benzene rings is 3. The van der Waals surface area contributed by atoms with Crippen LogP contribution < -0.4 is 14.8 Å². The van der Waals surface area contributed by atoms with Gasteiger partial charge >= 0.3 is 0 Å². The molecule has 0 saturated heterocycles. The molecule has 0 unspecified atom stereocenters. The van der Waals surface area contributed by atoms with E-state index >= 15 is 0 Å². The van der Waals surface area contributed by atoms with Crippen LogP contribution >= 0.6 is 11.6 Å². The minimum atomic E-state index is -0.517. The molecular formula is C25H20ClFN2O4. The first-order valence-electron chi connectivity index (χ1n) is 10.0. The Morgan fingerprint density at radius 1 is 0.909 bits per heavy atom. The van der Waals surface area contributed by atoms with Crippen molar-refractivity contribution in [2.75, 3.05) is 19.5 Å². The normalized spacial score (nSPS) is 13.5. The second-order valence-corrected chi connectivity index (χ2v) is 7.71. The lowest BCUT2D eigenvalue weighted by Crippen LogP contribution is -2.32. The first kappa shape index (κ1) is 22.4. The second kappa shape index (κ2) is 9.34. The van der Waals surface area contributed by atoms with Crippen molar-refractivity contribution in [1.82, 2.24) is 4.90 Å². The van der Waals surface area contributed by atoms with Crippen LogP contribution in [0.15, 0.2) is 72.4 Å². The van der Waals surface area contributed by atoms with Crippen molar-refractivity contribution in [3.63, 3.8) is 0 Å². The van der Waals surface area contributed by atoms with Crippen molar-refractivity contribution >= 4 is 34.7 Å². The summed E-state index contributed by atoms with van der Waals surface area (Å²) in [4.78, 5) is 27.9. The fourth-order valence-corrected chi connectivity index (χ4v) is 3.72. The third kappa shape index (κ3) is 4.54. The number of amides is 2. The lowest BCUT2D eigenvalue weighted by Gasteiger charge is -2.16. The van der Waals surface area contributed by atoms with Gasteiger partial charge in [0.25, 0.3) is 11.8 Å². The van der Waals surface area contributed by atoms with Crippen LogP contribution in [0, 0.1) is 5.82 Å². The van der Waals surface area contributed by atoms with Gasteiger partial charge in [-0.3, -0.25) is 14.5 Å². The summed E-state index contributed by atoms with van der Waals surface area (Å²) in [6, 6.07) is 17.4. The van der Waals surface area contributed by atoms with E-state index in [0.717, 1.165) is 10.5 Å². The van der Waals surface area contributed by atoms with Gasteiger partial charge in [-0.05, 0) is 53.6 Å². The van der Waals surface area contributed by atoms with E-state index in [1.807, 2.05) is 0 Å². The summed E-state index contributed by atoms with van der Waals surface area (Å²) in [5.41, 5.74) is 1.77. The molecule has 1 heterocycles. The summed E-state index contributed by atoms with van der Waals surface area (Å²) < 4.78 is 24.0. The van der Waals surface area contributed by atoms with E-state index in [4.69, 9.17) is 21.1 Å². The molecule has 0 fully saturated rings. The third-order valence-corrected chi connectivity index (χ3v) is 5.46. The highest BCUT2D eigenvalue weighted by molar-refractivity contribution is 6.36. The van der Waals surface area contributed by atoms with Crippen molar-refractivity contribution < 1.29 is 23.5 Å². The minimum Gasteiger partial charge on any atom is -0.497 e. The zero-order chi connectivity index (χ0) is 23.5. The molecule has 0 bridgehead atoms. The van der Waals surface area contributed by atoms with Gasteiger partial charge in [-0.15, -0.1) is 0 Å². The van der Waals surface area contributed by atoms with Crippen molar-refractivity contribution in [1.29, 1.82) is 0 Å². The summed E-state index contributed by atoms with van der Waals surface area (Å²) >= 11 is 6.13. The molecule has 3 aromatic carbocycles. The van der Waals surface area contributed by atoms with Crippen molar-refractivity contribution in [2.45, 2.75) is 6.54 Å². The average Bonchev–Trinajstić information content (AvgIpc) is 3.04. The van der Waals surface area contributed by atoms with Gasteiger partial charge < -0.3 is 14.8 Å². The van der Waals surface area contributed by atoms with Gasteiger partial charge in [0.05, 0.1) is 32.0 Å². The second-order valence-electron chi connectivity index (χ2n) is 7.27. The number of rotatable bonds is 7. The zero-order valence-electron chi connectivity index (χ0n) is 17.9. The number of nitrogens with zero attached hydrogens (tertiary/aromatic N) is 1. The molecule has 1 aliphatic rings. The van der Waals surface area contributed by atoms with Crippen LogP contribution in [0.4, 0.5) is 10.1 Å². The van der Waals surface area contributed by atoms with Gasteiger partial charge in [-0.2, -0.15) is 0 Å². The Balaban J connectivity index is 1.74. The minimum absolute atomic E-state index is 0.0562. The molecule has 2 amide bonds. The number of hydrogen-bond donors (Lipinski definition) is 1. The highest BCUT2D eigenvalue weighted by Crippen LogP contribution is 2.35. The predicted molar refractivity (Wildman–Crippen MR) is 123 cm³/mol. The fourth-order valence-electron chi connectivity index (χ4n) is 3.55. The number of hydrogen-bond acceptors (Lipinski definition) is 5. The first-order chi connectivity index (χ1) is 15.9. The largest absolute Gasteiger partial charge is 0.497 e. The quantitative estimate of drug-likeness (QED) is 0.502. The standard InChI is InChI=1S/C25H20ClFN2O4/c1-32-19-10-3-15(4-11-19)14-29-24(30)22(16-5-8-18(27)9-6-16)23(25(29)31)28-20-13-17(26)7-12-21(20)33-2/h3-13,28H,14H2,1-2H3. The van der Waals surface area contributed by atoms with Gasteiger partial charge in [-0.25, -0.2) is 4.39 Å².